The molecule has 2 rings (SSSR count). The Balaban J connectivity index is 1.80. The van der Waals surface area contributed by atoms with E-state index >= 15 is 0 Å². The molecule has 8 heteroatoms. The first kappa shape index (κ1) is 19.1. The van der Waals surface area contributed by atoms with Gasteiger partial charge in [0.1, 0.15) is 11.0 Å². The number of carbonyl (C=O) groups is 2. The van der Waals surface area contributed by atoms with E-state index in [9.17, 15) is 14.0 Å². The van der Waals surface area contributed by atoms with Gasteiger partial charge in [0.05, 0.1) is 18.1 Å². The van der Waals surface area contributed by atoms with Crippen LogP contribution in [0, 0.1) is 0 Å². The van der Waals surface area contributed by atoms with E-state index in [2.05, 4.69) is 10.6 Å². The van der Waals surface area contributed by atoms with Crippen LogP contribution < -0.4 is 10.6 Å². The Morgan fingerprint density at radius 1 is 1.50 bits per heavy atom. The molecule has 24 heavy (non-hydrogen) atoms. The van der Waals surface area contributed by atoms with Crippen LogP contribution in [0.4, 0.5) is 4.39 Å². The van der Waals surface area contributed by atoms with Crippen LogP contribution in [0.3, 0.4) is 0 Å². The van der Waals surface area contributed by atoms with E-state index in [1.54, 1.807) is 16.3 Å². The highest BCUT2D eigenvalue weighted by Crippen LogP contribution is 2.22. The Morgan fingerprint density at radius 3 is 2.75 bits per heavy atom. The summed E-state index contributed by atoms with van der Waals surface area (Å²) < 4.78 is 13.4. The van der Waals surface area contributed by atoms with Crippen molar-refractivity contribution in [3.8, 4) is 0 Å². The molecule has 1 saturated heterocycles. The number of amides is 2. The average Bonchev–Trinajstić information content (AvgIpc) is 3.08. The zero-order chi connectivity index (χ0) is 17.9. The lowest BCUT2D eigenvalue weighted by Crippen LogP contribution is -2.52. The number of thiophene rings is 1. The number of halogens is 2. The van der Waals surface area contributed by atoms with Crippen molar-refractivity contribution in [2.45, 2.75) is 44.9 Å². The summed E-state index contributed by atoms with van der Waals surface area (Å²) in [5, 5.41) is 8.13. The van der Waals surface area contributed by atoms with Gasteiger partial charge < -0.3 is 15.5 Å². The maximum Gasteiger partial charge on any atom is 0.262 e. The molecule has 1 fully saturated rings. The van der Waals surface area contributed by atoms with Crippen molar-refractivity contribution in [2.24, 2.45) is 0 Å². The molecule has 134 valence electrons. The Kier molecular flexibility index (Phi) is 6.22. The molecule has 0 spiro atoms. The van der Waals surface area contributed by atoms with E-state index < -0.39 is 11.7 Å². The lowest BCUT2D eigenvalue weighted by Gasteiger charge is -2.28. The Bertz CT molecular complexity index is 608. The summed E-state index contributed by atoms with van der Waals surface area (Å²) >= 11 is 7.22. The van der Waals surface area contributed by atoms with Gasteiger partial charge in [-0.3, -0.25) is 9.59 Å². The van der Waals surface area contributed by atoms with Gasteiger partial charge in [-0.15, -0.1) is 11.3 Å². The molecule has 1 aromatic rings. The van der Waals surface area contributed by atoms with Crippen molar-refractivity contribution >= 4 is 34.8 Å². The molecule has 2 unspecified atom stereocenters. The fourth-order valence-corrected chi connectivity index (χ4v) is 3.69. The van der Waals surface area contributed by atoms with Gasteiger partial charge in [0, 0.05) is 24.5 Å². The summed E-state index contributed by atoms with van der Waals surface area (Å²) in [5.41, 5.74) is -0.479. The summed E-state index contributed by atoms with van der Waals surface area (Å²) in [6.45, 7) is 6.25. The molecule has 5 nitrogen and oxygen atoms in total. The number of carbonyl (C=O) groups excluding carboxylic acids is 2. The van der Waals surface area contributed by atoms with Crippen LogP contribution in [0.25, 0.3) is 0 Å². The summed E-state index contributed by atoms with van der Waals surface area (Å²) in [6, 6.07) is 1.61. The van der Waals surface area contributed by atoms with Crippen LogP contribution in [-0.2, 0) is 4.79 Å². The second-order valence-electron chi connectivity index (χ2n) is 6.75. The minimum atomic E-state index is -0.938. The first-order valence-corrected chi connectivity index (χ1v) is 9.15. The highest BCUT2D eigenvalue weighted by molar-refractivity contribution is 7.12. The fourth-order valence-electron chi connectivity index (χ4n) is 2.63. The largest absolute Gasteiger partial charge is 0.349 e. The minimum absolute atomic E-state index is 0.0712. The molecular weight excluding hydrogens is 353 g/mol. The maximum atomic E-state index is 13.4. The van der Waals surface area contributed by atoms with Crippen molar-refractivity contribution in [2.75, 3.05) is 19.6 Å². The number of hydrogen-bond donors (Lipinski definition) is 2. The molecule has 2 atom stereocenters. The van der Waals surface area contributed by atoms with Gasteiger partial charge in [-0.2, -0.15) is 0 Å². The Hall–Kier alpha value is -1.18. The number of alkyl halides is 1. The molecule has 1 aliphatic heterocycles. The number of nitrogens with zero attached hydrogens (tertiary/aromatic N) is 1. The SMILES string of the molecule is CC1CC(F)CN1C(=O)CNC(C)(C)CNC(=O)c1sccc1Cl. The van der Waals surface area contributed by atoms with E-state index in [1.165, 1.54) is 11.3 Å². The summed E-state index contributed by atoms with van der Waals surface area (Å²) in [5.74, 6) is -0.354. The quantitative estimate of drug-likeness (QED) is 0.802. The third kappa shape index (κ3) is 4.91. The molecule has 0 bridgehead atoms. The van der Waals surface area contributed by atoms with Gasteiger partial charge >= 0.3 is 0 Å². The van der Waals surface area contributed by atoms with Crippen LogP contribution >= 0.6 is 22.9 Å². The second kappa shape index (κ2) is 7.80. The van der Waals surface area contributed by atoms with Crippen LogP contribution in [0.15, 0.2) is 11.4 Å². The third-order valence-corrected chi connectivity index (χ3v) is 5.42. The van der Waals surface area contributed by atoms with Gasteiger partial charge in [-0.25, -0.2) is 4.39 Å². The van der Waals surface area contributed by atoms with Gasteiger partial charge in [-0.05, 0) is 32.2 Å². The van der Waals surface area contributed by atoms with Gasteiger partial charge in [0.2, 0.25) is 5.91 Å². The predicted molar refractivity (Wildman–Crippen MR) is 94.4 cm³/mol. The fraction of sp³-hybridized carbons (Fsp3) is 0.625. The third-order valence-electron chi connectivity index (χ3n) is 4.08. The first-order chi connectivity index (χ1) is 11.2. The van der Waals surface area contributed by atoms with E-state index in [1.807, 2.05) is 20.8 Å². The van der Waals surface area contributed by atoms with Crippen LogP contribution in [0.1, 0.15) is 36.9 Å². The molecule has 1 aromatic heterocycles. The van der Waals surface area contributed by atoms with Gasteiger partial charge in [0.25, 0.3) is 5.91 Å². The minimum Gasteiger partial charge on any atom is -0.349 e. The Labute approximate surface area is 150 Å². The lowest BCUT2D eigenvalue weighted by atomic mass is 10.1. The summed E-state index contributed by atoms with van der Waals surface area (Å²) in [4.78, 5) is 26.3. The van der Waals surface area contributed by atoms with Crippen molar-refractivity contribution in [3.05, 3.63) is 21.3 Å². The first-order valence-electron chi connectivity index (χ1n) is 7.89. The van der Waals surface area contributed by atoms with Gasteiger partial charge in [0.15, 0.2) is 0 Å². The molecule has 0 radical (unpaired) electrons. The molecule has 2 amide bonds. The molecule has 0 aromatic carbocycles. The maximum absolute atomic E-state index is 13.4. The number of rotatable bonds is 6. The van der Waals surface area contributed by atoms with Crippen molar-refractivity contribution < 1.29 is 14.0 Å². The smallest absolute Gasteiger partial charge is 0.262 e. The van der Waals surface area contributed by atoms with Crippen molar-refractivity contribution in [1.82, 2.24) is 15.5 Å². The Morgan fingerprint density at radius 2 is 2.21 bits per heavy atom. The second-order valence-corrected chi connectivity index (χ2v) is 8.07. The van der Waals surface area contributed by atoms with E-state index in [-0.39, 0.29) is 30.9 Å². The molecule has 2 N–H and O–H groups in total. The summed E-state index contributed by atoms with van der Waals surface area (Å²) in [6.07, 6.45) is -0.543. The van der Waals surface area contributed by atoms with E-state index in [0.717, 1.165) is 0 Å². The molecular formula is C16H23ClFN3O2S. The van der Waals surface area contributed by atoms with Crippen LogP contribution in [0.5, 0.6) is 0 Å². The zero-order valence-electron chi connectivity index (χ0n) is 14.1. The highest BCUT2D eigenvalue weighted by Gasteiger charge is 2.32. The summed E-state index contributed by atoms with van der Waals surface area (Å²) in [7, 11) is 0. The van der Waals surface area contributed by atoms with Crippen LogP contribution in [0.2, 0.25) is 5.02 Å². The monoisotopic (exact) mass is 375 g/mol. The predicted octanol–water partition coefficient (Wildman–Crippen LogP) is 2.46. The molecule has 0 aliphatic carbocycles. The molecule has 2 heterocycles. The zero-order valence-corrected chi connectivity index (χ0v) is 15.6. The van der Waals surface area contributed by atoms with E-state index in [4.69, 9.17) is 11.6 Å². The van der Waals surface area contributed by atoms with Crippen LogP contribution in [-0.4, -0.2) is 54.1 Å². The topological polar surface area (TPSA) is 61.4 Å². The number of nitrogens with one attached hydrogen (secondary N) is 2. The number of hydrogen-bond acceptors (Lipinski definition) is 4. The van der Waals surface area contributed by atoms with Crippen molar-refractivity contribution in [1.29, 1.82) is 0 Å². The molecule has 0 saturated carbocycles. The highest BCUT2D eigenvalue weighted by atomic mass is 35.5. The van der Waals surface area contributed by atoms with E-state index in [0.29, 0.717) is 22.9 Å². The molecule has 1 aliphatic rings. The normalized spacial score (nSPS) is 21.1. The lowest BCUT2D eigenvalue weighted by molar-refractivity contribution is -0.131. The van der Waals surface area contributed by atoms with Gasteiger partial charge in [-0.1, -0.05) is 11.6 Å². The standard InChI is InChI=1S/C16H23ClFN3O2S/c1-10-6-11(18)8-21(10)13(22)7-20-16(2,3)9-19-15(23)14-12(17)4-5-24-14/h4-5,10-11,20H,6-9H2,1-3H3,(H,19,23). The van der Waals surface area contributed by atoms with Crippen molar-refractivity contribution in [3.63, 3.8) is 0 Å². The number of likely N-dealkylation sites (tertiary alicyclic amines) is 1. The average molecular weight is 376 g/mol.